The average Bonchev–Trinajstić information content (AvgIpc) is 3.09. The molecule has 170 valence electrons. The van der Waals surface area contributed by atoms with Crippen LogP contribution < -0.4 is 10.0 Å². The molecule has 2 heterocycles. The molecular formula is C24H24N4O4S. The van der Waals surface area contributed by atoms with E-state index in [1.54, 1.807) is 19.9 Å². The van der Waals surface area contributed by atoms with Gasteiger partial charge < -0.3 is 9.73 Å². The summed E-state index contributed by atoms with van der Waals surface area (Å²) >= 11 is 0. The van der Waals surface area contributed by atoms with Gasteiger partial charge in [0.2, 0.25) is 5.95 Å². The zero-order valence-electron chi connectivity index (χ0n) is 18.8. The fourth-order valence-corrected chi connectivity index (χ4v) is 4.50. The molecule has 4 aromatic rings. The lowest BCUT2D eigenvalue weighted by molar-refractivity contribution is 0.0998. The van der Waals surface area contributed by atoms with Gasteiger partial charge in [-0.1, -0.05) is 13.0 Å². The van der Waals surface area contributed by atoms with Gasteiger partial charge in [-0.15, -0.1) is 0 Å². The first-order chi connectivity index (χ1) is 15.7. The fourth-order valence-electron chi connectivity index (χ4n) is 3.56. The molecule has 9 heteroatoms. The minimum absolute atomic E-state index is 0.0106. The molecule has 0 atom stereocenters. The lowest BCUT2D eigenvalue weighted by Gasteiger charge is -2.09. The Hall–Kier alpha value is -3.72. The Morgan fingerprint density at radius 1 is 0.970 bits per heavy atom. The maximum atomic E-state index is 12.8. The van der Waals surface area contributed by atoms with Crippen molar-refractivity contribution in [3.63, 3.8) is 0 Å². The molecule has 0 bridgehead atoms. The number of anilines is 2. The second-order valence-corrected chi connectivity index (χ2v) is 9.48. The number of nitrogens with one attached hydrogen (secondary N) is 2. The van der Waals surface area contributed by atoms with Gasteiger partial charge in [-0.05, 0) is 75.2 Å². The summed E-state index contributed by atoms with van der Waals surface area (Å²) in [6.07, 6.45) is 0.891. The molecule has 2 aromatic carbocycles. The van der Waals surface area contributed by atoms with Crippen LogP contribution in [0.25, 0.3) is 11.0 Å². The summed E-state index contributed by atoms with van der Waals surface area (Å²) in [6, 6.07) is 13.5. The first-order valence-electron chi connectivity index (χ1n) is 10.4. The van der Waals surface area contributed by atoms with E-state index in [-0.39, 0.29) is 16.6 Å². The molecule has 0 aliphatic carbocycles. The van der Waals surface area contributed by atoms with Crippen LogP contribution >= 0.6 is 0 Å². The monoisotopic (exact) mass is 464 g/mol. The van der Waals surface area contributed by atoms with E-state index in [1.165, 1.54) is 24.3 Å². The number of fused-ring (bicyclic) bond motifs is 1. The lowest BCUT2D eigenvalue weighted by Crippen LogP contribution is -2.16. The summed E-state index contributed by atoms with van der Waals surface area (Å²) in [7, 11) is -3.88. The van der Waals surface area contributed by atoms with Crippen molar-refractivity contribution in [2.75, 3.05) is 10.0 Å². The molecule has 0 unspecified atom stereocenters. The van der Waals surface area contributed by atoms with Gasteiger partial charge in [0.15, 0.2) is 5.76 Å². The highest BCUT2D eigenvalue weighted by molar-refractivity contribution is 7.92. The summed E-state index contributed by atoms with van der Waals surface area (Å²) in [6.45, 7) is 7.43. The number of aryl methyl sites for hydroxylation is 4. The number of aromatic nitrogens is 2. The zero-order chi connectivity index (χ0) is 23.8. The Kier molecular flexibility index (Phi) is 5.90. The maximum absolute atomic E-state index is 12.8. The van der Waals surface area contributed by atoms with Crippen molar-refractivity contribution in [3.8, 4) is 0 Å². The maximum Gasteiger partial charge on any atom is 0.291 e. The Morgan fingerprint density at radius 2 is 1.64 bits per heavy atom. The molecule has 0 aliphatic heterocycles. The minimum Gasteiger partial charge on any atom is -0.451 e. The highest BCUT2D eigenvalue weighted by atomic mass is 32.2. The molecule has 2 N–H and O–H groups in total. The molecule has 0 fully saturated rings. The molecule has 8 nitrogen and oxygen atoms in total. The molecule has 0 saturated carbocycles. The van der Waals surface area contributed by atoms with Gasteiger partial charge in [0.05, 0.1) is 4.90 Å². The minimum atomic E-state index is -3.88. The molecule has 0 spiro atoms. The Balaban J connectivity index is 1.52. The standard InChI is InChI=1S/C24H24N4O4S/c1-5-17-6-11-21-20(13-17)16(4)22(32-21)23(29)27-18-7-9-19(10-8-18)33(30,31)28-24-25-14(2)12-15(3)26-24/h6-13H,5H2,1-4H3,(H,27,29)(H,25,26,28). The molecular weight excluding hydrogens is 440 g/mol. The van der Waals surface area contributed by atoms with Crippen molar-refractivity contribution < 1.29 is 17.6 Å². The third-order valence-corrected chi connectivity index (χ3v) is 6.59. The molecule has 0 saturated heterocycles. The van der Waals surface area contributed by atoms with Gasteiger partial charge in [0.25, 0.3) is 15.9 Å². The summed E-state index contributed by atoms with van der Waals surface area (Å²) in [5.41, 5.74) is 4.33. The smallest absolute Gasteiger partial charge is 0.291 e. The van der Waals surface area contributed by atoms with E-state index in [2.05, 4.69) is 26.9 Å². The molecule has 0 radical (unpaired) electrons. The predicted octanol–water partition coefficient (Wildman–Crippen LogP) is 4.76. The van der Waals surface area contributed by atoms with E-state index in [0.29, 0.717) is 22.7 Å². The average molecular weight is 465 g/mol. The van der Waals surface area contributed by atoms with E-state index in [1.807, 2.05) is 25.1 Å². The Morgan fingerprint density at radius 3 is 2.27 bits per heavy atom. The second-order valence-electron chi connectivity index (χ2n) is 7.80. The van der Waals surface area contributed by atoms with Crippen LogP contribution in [-0.2, 0) is 16.4 Å². The quantitative estimate of drug-likeness (QED) is 0.425. The predicted molar refractivity (Wildman–Crippen MR) is 127 cm³/mol. The van der Waals surface area contributed by atoms with Crippen LogP contribution in [0.3, 0.4) is 0 Å². The zero-order valence-corrected chi connectivity index (χ0v) is 19.6. The van der Waals surface area contributed by atoms with Gasteiger partial charge in [0, 0.05) is 28.0 Å². The summed E-state index contributed by atoms with van der Waals surface area (Å²) < 4.78 is 33.5. The number of carbonyl (C=O) groups is 1. The highest BCUT2D eigenvalue weighted by Crippen LogP contribution is 2.27. The topological polar surface area (TPSA) is 114 Å². The summed E-state index contributed by atoms with van der Waals surface area (Å²) in [5.74, 6) is -0.167. The van der Waals surface area contributed by atoms with Crippen molar-refractivity contribution in [2.24, 2.45) is 0 Å². The number of hydrogen-bond donors (Lipinski definition) is 2. The van der Waals surface area contributed by atoms with E-state index < -0.39 is 15.9 Å². The van der Waals surface area contributed by atoms with E-state index in [9.17, 15) is 13.2 Å². The number of benzene rings is 2. The van der Waals surface area contributed by atoms with Crippen molar-refractivity contribution in [1.29, 1.82) is 0 Å². The SMILES string of the molecule is CCc1ccc2oc(C(=O)Nc3ccc(S(=O)(=O)Nc4nc(C)cc(C)n4)cc3)c(C)c2c1. The van der Waals surface area contributed by atoms with Crippen LogP contribution in [0.15, 0.2) is 57.8 Å². The van der Waals surface area contributed by atoms with Crippen molar-refractivity contribution in [3.05, 3.63) is 76.8 Å². The van der Waals surface area contributed by atoms with Crippen LogP contribution in [0.4, 0.5) is 11.6 Å². The van der Waals surface area contributed by atoms with Crippen LogP contribution in [0.1, 0.15) is 40.0 Å². The van der Waals surface area contributed by atoms with Gasteiger partial charge in [-0.3, -0.25) is 4.79 Å². The Labute approximate surface area is 192 Å². The number of carbonyl (C=O) groups excluding carboxylic acids is 1. The van der Waals surface area contributed by atoms with Crippen molar-refractivity contribution in [2.45, 2.75) is 39.0 Å². The number of rotatable bonds is 6. The molecule has 1 amide bonds. The Bertz CT molecular complexity index is 1440. The second kappa shape index (κ2) is 8.67. The largest absolute Gasteiger partial charge is 0.451 e. The van der Waals surface area contributed by atoms with Crippen LogP contribution in [-0.4, -0.2) is 24.3 Å². The molecule has 33 heavy (non-hydrogen) atoms. The van der Waals surface area contributed by atoms with Crippen LogP contribution in [0.2, 0.25) is 0 Å². The lowest BCUT2D eigenvalue weighted by atomic mass is 10.1. The van der Waals surface area contributed by atoms with E-state index in [4.69, 9.17) is 4.42 Å². The number of hydrogen-bond acceptors (Lipinski definition) is 6. The normalized spacial score (nSPS) is 11.5. The summed E-state index contributed by atoms with van der Waals surface area (Å²) in [5, 5.41) is 3.66. The third kappa shape index (κ3) is 4.73. The van der Waals surface area contributed by atoms with E-state index in [0.717, 1.165) is 22.9 Å². The molecule has 0 aliphatic rings. The number of nitrogens with zero attached hydrogens (tertiary/aromatic N) is 2. The first kappa shape index (κ1) is 22.5. The first-order valence-corrected chi connectivity index (χ1v) is 11.9. The van der Waals surface area contributed by atoms with Gasteiger partial charge in [-0.2, -0.15) is 0 Å². The number of furan rings is 1. The summed E-state index contributed by atoms with van der Waals surface area (Å²) in [4.78, 5) is 21.0. The van der Waals surface area contributed by atoms with Crippen molar-refractivity contribution in [1.82, 2.24) is 9.97 Å². The fraction of sp³-hybridized carbons (Fsp3) is 0.208. The number of sulfonamides is 1. The van der Waals surface area contributed by atoms with Crippen molar-refractivity contribution >= 4 is 38.5 Å². The van der Waals surface area contributed by atoms with Crippen LogP contribution in [0, 0.1) is 20.8 Å². The van der Waals surface area contributed by atoms with Gasteiger partial charge in [-0.25, -0.2) is 23.1 Å². The van der Waals surface area contributed by atoms with Gasteiger partial charge >= 0.3 is 0 Å². The molecule has 2 aromatic heterocycles. The third-order valence-electron chi connectivity index (χ3n) is 5.25. The number of amides is 1. The van der Waals surface area contributed by atoms with E-state index >= 15 is 0 Å². The highest BCUT2D eigenvalue weighted by Gasteiger charge is 2.19. The molecule has 4 rings (SSSR count). The van der Waals surface area contributed by atoms with Gasteiger partial charge in [0.1, 0.15) is 5.58 Å². The van der Waals surface area contributed by atoms with Crippen LogP contribution in [0.5, 0.6) is 0 Å².